The number of halogens is 3. The van der Waals surface area contributed by atoms with Crippen molar-refractivity contribution in [3.8, 4) is 0 Å². The van der Waals surface area contributed by atoms with Gasteiger partial charge in [-0.15, -0.1) is 0 Å². The van der Waals surface area contributed by atoms with Crippen LogP contribution in [0.5, 0.6) is 0 Å². The molecule has 1 aromatic carbocycles. The summed E-state index contributed by atoms with van der Waals surface area (Å²) in [6.07, 6.45) is 0. The Bertz CT molecular complexity index is 350. The summed E-state index contributed by atoms with van der Waals surface area (Å²) in [5.74, 6) is -1.14. The number of nitrogens with two attached hydrogens (primary N) is 1. The summed E-state index contributed by atoms with van der Waals surface area (Å²) in [4.78, 5) is 0. The average molecular weight is 220 g/mol. The predicted molar refractivity (Wildman–Crippen MR) is 53.4 cm³/mol. The maximum Gasteiger partial charge on any atom is 0.142 e. The van der Waals surface area contributed by atoms with Crippen molar-refractivity contribution in [2.24, 2.45) is 5.73 Å². The summed E-state index contributed by atoms with van der Waals surface area (Å²) in [6.45, 7) is 3.64. The summed E-state index contributed by atoms with van der Waals surface area (Å²) < 4.78 is 26.5. The Kier molecular flexibility index (Phi) is 3.12. The highest BCUT2D eigenvalue weighted by Gasteiger charge is 2.27. The van der Waals surface area contributed by atoms with Gasteiger partial charge in [0.2, 0.25) is 0 Å². The molecule has 14 heavy (non-hydrogen) atoms. The maximum absolute atomic E-state index is 13.4. The summed E-state index contributed by atoms with van der Waals surface area (Å²) >= 11 is 5.69. The number of hydrogen-bond donors (Lipinski definition) is 1. The highest BCUT2D eigenvalue weighted by Crippen LogP contribution is 2.33. The van der Waals surface area contributed by atoms with Crippen molar-refractivity contribution in [2.45, 2.75) is 19.3 Å². The van der Waals surface area contributed by atoms with E-state index in [0.717, 1.165) is 12.1 Å². The predicted octanol–water partition coefficient (Wildman–Crippen LogP) is 2.85. The summed E-state index contributed by atoms with van der Waals surface area (Å²) in [5, 5.41) is -0.180. The lowest BCUT2D eigenvalue weighted by atomic mass is 9.84. The third-order valence-electron chi connectivity index (χ3n) is 2.23. The van der Waals surface area contributed by atoms with E-state index >= 15 is 0 Å². The molecule has 1 nitrogen and oxygen atoms in total. The van der Waals surface area contributed by atoms with Crippen LogP contribution in [-0.4, -0.2) is 6.54 Å². The number of benzene rings is 1. The molecule has 0 saturated heterocycles. The quantitative estimate of drug-likeness (QED) is 0.761. The van der Waals surface area contributed by atoms with E-state index in [1.807, 2.05) is 0 Å². The van der Waals surface area contributed by atoms with Crippen molar-refractivity contribution in [1.29, 1.82) is 0 Å². The molecule has 0 bridgehead atoms. The van der Waals surface area contributed by atoms with Crippen molar-refractivity contribution >= 4 is 11.6 Å². The molecular formula is C10H12ClF2N. The lowest BCUT2D eigenvalue weighted by Crippen LogP contribution is -2.29. The summed E-state index contributed by atoms with van der Waals surface area (Å²) in [5.41, 5.74) is 4.96. The first-order valence-electron chi connectivity index (χ1n) is 4.24. The Hall–Kier alpha value is -0.670. The minimum atomic E-state index is -0.663. The molecule has 1 rings (SSSR count). The second-order valence-corrected chi connectivity index (χ2v) is 4.18. The number of rotatable bonds is 2. The van der Waals surface area contributed by atoms with Gasteiger partial charge < -0.3 is 5.73 Å². The van der Waals surface area contributed by atoms with Gasteiger partial charge in [-0.2, -0.15) is 0 Å². The zero-order chi connectivity index (χ0) is 10.9. The highest BCUT2D eigenvalue weighted by atomic mass is 35.5. The van der Waals surface area contributed by atoms with Crippen LogP contribution in [0.1, 0.15) is 19.4 Å². The number of hydrogen-bond acceptors (Lipinski definition) is 1. The third kappa shape index (κ3) is 1.88. The largest absolute Gasteiger partial charge is 0.330 e. The van der Waals surface area contributed by atoms with Crippen LogP contribution in [0.2, 0.25) is 5.02 Å². The molecule has 4 heteroatoms. The molecule has 1 aromatic rings. The third-order valence-corrected chi connectivity index (χ3v) is 2.60. The molecule has 0 aliphatic carbocycles. The van der Waals surface area contributed by atoms with Crippen LogP contribution in [0.25, 0.3) is 0 Å². The van der Waals surface area contributed by atoms with Gasteiger partial charge in [0.05, 0.1) is 5.02 Å². The van der Waals surface area contributed by atoms with E-state index in [2.05, 4.69) is 0 Å². The first kappa shape index (κ1) is 11.4. The molecule has 0 unspecified atom stereocenters. The van der Waals surface area contributed by atoms with E-state index in [1.54, 1.807) is 13.8 Å². The van der Waals surface area contributed by atoms with Gasteiger partial charge in [0.25, 0.3) is 0 Å². The van der Waals surface area contributed by atoms with Crippen LogP contribution in [0.4, 0.5) is 8.78 Å². The second-order valence-electron chi connectivity index (χ2n) is 3.81. The van der Waals surface area contributed by atoms with Crippen LogP contribution < -0.4 is 5.73 Å². The van der Waals surface area contributed by atoms with Gasteiger partial charge in [-0.05, 0) is 12.1 Å². The molecule has 0 radical (unpaired) electrons. The van der Waals surface area contributed by atoms with Gasteiger partial charge in [-0.1, -0.05) is 25.4 Å². The SMILES string of the molecule is CC(C)(CN)c1c(F)ccc(F)c1Cl. The molecule has 2 N–H and O–H groups in total. The van der Waals surface area contributed by atoms with Gasteiger partial charge in [-0.3, -0.25) is 0 Å². The fourth-order valence-corrected chi connectivity index (χ4v) is 1.66. The molecule has 0 heterocycles. The molecule has 0 aliphatic heterocycles. The highest BCUT2D eigenvalue weighted by molar-refractivity contribution is 6.31. The van der Waals surface area contributed by atoms with Crippen molar-refractivity contribution in [1.82, 2.24) is 0 Å². The fourth-order valence-electron chi connectivity index (χ4n) is 1.25. The molecule has 0 saturated carbocycles. The van der Waals surface area contributed by atoms with E-state index < -0.39 is 17.0 Å². The lowest BCUT2D eigenvalue weighted by molar-refractivity contribution is 0.485. The van der Waals surface area contributed by atoms with Crippen LogP contribution in [0, 0.1) is 11.6 Å². The molecule has 0 amide bonds. The monoisotopic (exact) mass is 219 g/mol. The van der Waals surface area contributed by atoms with Crippen LogP contribution in [0.3, 0.4) is 0 Å². The van der Waals surface area contributed by atoms with Gasteiger partial charge >= 0.3 is 0 Å². The molecule has 0 atom stereocenters. The van der Waals surface area contributed by atoms with Crippen molar-refractivity contribution in [2.75, 3.05) is 6.54 Å². The van der Waals surface area contributed by atoms with E-state index in [4.69, 9.17) is 17.3 Å². The topological polar surface area (TPSA) is 26.0 Å². The van der Waals surface area contributed by atoms with Crippen molar-refractivity contribution in [3.05, 3.63) is 34.4 Å². The Labute approximate surface area is 86.9 Å². The maximum atomic E-state index is 13.4. The van der Waals surface area contributed by atoms with E-state index in [0.29, 0.717) is 0 Å². The lowest BCUT2D eigenvalue weighted by Gasteiger charge is -2.24. The Morgan fingerprint density at radius 2 is 1.79 bits per heavy atom. The smallest absolute Gasteiger partial charge is 0.142 e. The summed E-state index contributed by atoms with van der Waals surface area (Å²) in [7, 11) is 0. The molecule has 0 aliphatic rings. The van der Waals surface area contributed by atoms with Gasteiger partial charge in [0.15, 0.2) is 0 Å². The molecule has 0 spiro atoms. The first-order chi connectivity index (χ1) is 6.40. The summed E-state index contributed by atoms with van der Waals surface area (Å²) in [6, 6.07) is 2.07. The van der Waals surface area contributed by atoms with Crippen LogP contribution in [-0.2, 0) is 5.41 Å². The minimum absolute atomic E-state index is 0.140. The van der Waals surface area contributed by atoms with E-state index in [-0.39, 0.29) is 17.1 Å². The van der Waals surface area contributed by atoms with Crippen LogP contribution >= 0.6 is 11.6 Å². The zero-order valence-electron chi connectivity index (χ0n) is 8.07. The first-order valence-corrected chi connectivity index (χ1v) is 4.62. The standard InChI is InChI=1S/C10H12ClF2N/c1-10(2,5-14)8-6(12)3-4-7(13)9(8)11/h3-4H,5,14H2,1-2H3. The Balaban J connectivity index is 3.40. The second kappa shape index (κ2) is 3.83. The molecule has 78 valence electrons. The fraction of sp³-hybridized carbons (Fsp3) is 0.400. The molecule has 0 aromatic heterocycles. The van der Waals surface area contributed by atoms with Gasteiger partial charge in [-0.25, -0.2) is 8.78 Å². The zero-order valence-corrected chi connectivity index (χ0v) is 8.83. The molecule has 0 fully saturated rings. The van der Waals surface area contributed by atoms with Crippen molar-refractivity contribution < 1.29 is 8.78 Å². The van der Waals surface area contributed by atoms with Crippen LogP contribution in [0.15, 0.2) is 12.1 Å². The van der Waals surface area contributed by atoms with Crippen molar-refractivity contribution in [3.63, 3.8) is 0 Å². The Morgan fingerprint density at radius 1 is 1.29 bits per heavy atom. The van der Waals surface area contributed by atoms with E-state index in [9.17, 15) is 8.78 Å². The Morgan fingerprint density at radius 3 is 2.29 bits per heavy atom. The normalized spacial score (nSPS) is 11.9. The minimum Gasteiger partial charge on any atom is -0.330 e. The van der Waals surface area contributed by atoms with E-state index in [1.165, 1.54) is 0 Å². The van der Waals surface area contributed by atoms with Gasteiger partial charge in [0.1, 0.15) is 11.6 Å². The average Bonchev–Trinajstić information content (AvgIpc) is 2.12. The molecular weight excluding hydrogens is 208 g/mol. The van der Waals surface area contributed by atoms with Gasteiger partial charge in [0, 0.05) is 17.5 Å².